The Labute approximate surface area is 99.2 Å². The van der Waals surface area contributed by atoms with E-state index in [-0.39, 0.29) is 35.8 Å². The quantitative estimate of drug-likeness (QED) is 0.482. The highest BCUT2D eigenvalue weighted by Crippen LogP contribution is 2.19. The van der Waals surface area contributed by atoms with Gasteiger partial charge in [-0.25, -0.2) is 4.79 Å². The second-order valence-corrected chi connectivity index (χ2v) is 3.53. The number of rotatable bonds is 5. The third kappa shape index (κ3) is 2.43. The molecule has 92 valence electrons. The molecule has 0 amide bonds. The van der Waals surface area contributed by atoms with Crippen LogP contribution in [-0.2, 0) is 4.74 Å². The van der Waals surface area contributed by atoms with Crippen LogP contribution in [0.2, 0.25) is 0 Å². The molecule has 17 heavy (non-hydrogen) atoms. The topological polar surface area (TPSA) is 76.2 Å². The van der Waals surface area contributed by atoms with Crippen molar-refractivity contribution >= 4 is 18.0 Å². The third-order valence-corrected chi connectivity index (χ3v) is 2.48. The number of hydrogen-bond donors (Lipinski definition) is 1. The minimum Gasteiger partial charge on any atom is -0.461 e. The van der Waals surface area contributed by atoms with Crippen molar-refractivity contribution in [1.29, 1.82) is 0 Å². The zero-order valence-corrected chi connectivity index (χ0v) is 10.1. The number of ketones is 1. The fourth-order valence-electron chi connectivity index (χ4n) is 1.65. The number of hydrogen-bond acceptors (Lipinski definition) is 4. The average Bonchev–Trinajstić information content (AvgIpc) is 2.65. The molecule has 0 aromatic carbocycles. The van der Waals surface area contributed by atoms with Crippen molar-refractivity contribution in [2.24, 2.45) is 0 Å². The summed E-state index contributed by atoms with van der Waals surface area (Å²) in [5.74, 6) is -0.723. The molecule has 1 heterocycles. The van der Waals surface area contributed by atoms with Crippen molar-refractivity contribution in [1.82, 2.24) is 4.98 Å². The predicted molar refractivity (Wildman–Crippen MR) is 61.5 cm³/mol. The number of Topliss-reactive ketones (excluding diaryl/α,β-unsaturated/α-hetero) is 1. The maximum atomic E-state index is 11.7. The van der Waals surface area contributed by atoms with Crippen LogP contribution in [0.15, 0.2) is 0 Å². The Kier molecular flexibility index (Phi) is 4.20. The van der Waals surface area contributed by atoms with E-state index in [4.69, 9.17) is 4.74 Å². The molecule has 0 bridgehead atoms. The van der Waals surface area contributed by atoms with Crippen molar-refractivity contribution in [3.8, 4) is 0 Å². The van der Waals surface area contributed by atoms with E-state index in [1.165, 1.54) is 0 Å². The van der Waals surface area contributed by atoms with Gasteiger partial charge in [0.2, 0.25) is 0 Å². The second kappa shape index (κ2) is 5.43. The summed E-state index contributed by atoms with van der Waals surface area (Å²) in [5, 5.41) is 0. The molecular weight excluding hydrogens is 222 g/mol. The Morgan fingerprint density at radius 3 is 2.47 bits per heavy atom. The summed E-state index contributed by atoms with van der Waals surface area (Å²) in [7, 11) is 0. The van der Waals surface area contributed by atoms with Crippen LogP contribution in [0, 0.1) is 6.92 Å². The summed E-state index contributed by atoms with van der Waals surface area (Å²) in [4.78, 5) is 36.7. The van der Waals surface area contributed by atoms with E-state index >= 15 is 0 Å². The number of H-pyrrole nitrogens is 1. The molecule has 0 fully saturated rings. The number of carbonyl (C=O) groups excluding carboxylic acids is 3. The fourth-order valence-corrected chi connectivity index (χ4v) is 1.65. The van der Waals surface area contributed by atoms with E-state index in [9.17, 15) is 14.4 Å². The van der Waals surface area contributed by atoms with Crippen LogP contribution >= 0.6 is 0 Å². The van der Waals surface area contributed by atoms with Gasteiger partial charge in [0.1, 0.15) is 5.69 Å². The van der Waals surface area contributed by atoms with Gasteiger partial charge in [-0.3, -0.25) is 9.59 Å². The summed E-state index contributed by atoms with van der Waals surface area (Å²) < 4.78 is 4.84. The first-order chi connectivity index (χ1) is 8.06. The molecule has 0 aliphatic heterocycles. The lowest BCUT2D eigenvalue weighted by molar-refractivity contribution is 0.0519. The van der Waals surface area contributed by atoms with E-state index in [1.54, 1.807) is 20.8 Å². The van der Waals surface area contributed by atoms with Crippen molar-refractivity contribution < 1.29 is 19.1 Å². The molecule has 0 saturated heterocycles. The molecule has 1 rings (SSSR count). The molecule has 5 nitrogen and oxygen atoms in total. The van der Waals surface area contributed by atoms with Gasteiger partial charge in [0.15, 0.2) is 12.1 Å². The molecule has 5 heteroatoms. The molecule has 0 aliphatic carbocycles. The molecule has 1 aromatic heterocycles. The molecule has 1 aromatic rings. The molecule has 0 spiro atoms. The SMILES string of the molecule is CCOC(=O)c1[nH]c(C=O)c(C(=O)CC)c1C. The Morgan fingerprint density at radius 2 is 2.00 bits per heavy atom. The Bertz CT molecular complexity index is 459. The minimum atomic E-state index is -0.553. The standard InChI is InChI=1S/C12H15NO4/c1-4-9(15)10-7(3)11(12(16)17-5-2)13-8(10)6-14/h6,13H,4-5H2,1-3H3. The number of aldehydes is 1. The molecular formula is C12H15NO4. The molecule has 0 saturated carbocycles. The summed E-state index contributed by atoms with van der Waals surface area (Å²) in [6, 6.07) is 0. The van der Waals surface area contributed by atoms with Gasteiger partial charge in [-0.15, -0.1) is 0 Å². The van der Waals surface area contributed by atoms with Gasteiger partial charge in [-0.2, -0.15) is 0 Å². The van der Waals surface area contributed by atoms with Crippen LogP contribution < -0.4 is 0 Å². The molecule has 0 radical (unpaired) electrons. The number of esters is 1. The number of nitrogens with one attached hydrogen (secondary N) is 1. The molecule has 0 aliphatic rings. The van der Waals surface area contributed by atoms with Crippen LogP contribution in [0.3, 0.4) is 0 Å². The van der Waals surface area contributed by atoms with Gasteiger partial charge >= 0.3 is 5.97 Å². The molecule has 0 unspecified atom stereocenters. The Balaban J connectivity index is 3.28. The van der Waals surface area contributed by atoms with Crippen LogP contribution in [0.4, 0.5) is 0 Å². The number of aromatic amines is 1. The van der Waals surface area contributed by atoms with Crippen molar-refractivity contribution in [2.75, 3.05) is 6.61 Å². The van der Waals surface area contributed by atoms with Gasteiger partial charge in [-0.05, 0) is 19.4 Å². The van der Waals surface area contributed by atoms with Gasteiger partial charge in [0, 0.05) is 12.0 Å². The fraction of sp³-hybridized carbons (Fsp3) is 0.417. The maximum Gasteiger partial charge on any atom is 0.355 e. The van der Waals surface area contributed by atoms with Crippen molar-refractivity contribution in [2.45, 2.75) is 27.2 Å². The highest BCUT2D eigenvalue weighted by molar-refractivity contribution is 6.06. The highest BCUT2D eigenvalue weighted by Gasteiger charge is 2.23. The van der Waals surface area contributed by atoms with Crippen LogP contribution in [-0.4, -0.2) is 29.6 Å². The lowest BCUT2D eigenvalue weighted by atomic mass is 10.0. The first-order valence-corrected chi connectivity index (χ1v) is 5.44. The number of carbonyl (C=O) groups is 3. The first-order valence-electron chi connectivity index (χ1n) is 5.44. The van der Waals surface area contributed by atoms with Gasteiger partial charge in [0.25, 0.3) is 0 Å². The van der Waals surface area contributed by atoms with Gasteiger partial charge in [0.05, 0.1) is 12.3 Å². The van der Waals surface area contributed by atoms with E-state index in [0.29, 0.717) is 11.8 Å². The molecule has 0 atom stereocenters. The van der Waals surface area contributed by atoms with E-state index in [0.717, 1.165) is 0 Å². The van der Waals surface area contributed by atoms with Crippen molar-refractivity contribution in [3.63, 3.8) is 0 Å². The second-order valence-electron chi connectivity index (χ2n) is 3.53. The average molecular weight is 237 g/mol. The van der Waals surface area contributed by atoms with Crippen LogP contribution in [0.5, 0.6) is 0 Å². The Hall–Kier alpha value is -1.91. The van der Waals surface area contributed by atoms with Crippen LogP contribution in [0.1, 0.15) is 57.2 Å². The van der Waals surface area contributed by atoms with Crippen LogP contribution in [0.25, 0.3) is 0 Å². The zero-order valence-electron chi connectivity index (χ0n) is 10.1. The smallest absolute Gasteiger partial charge is 0.355 e. The first kappa shape index (κ1) is 13.2. The summed E-state index contributed by atoms with van der Waals surface area (Å²) in [6.45, 7) is 5.26. The number of aromatic nitrogens is 1. The van der Waals surface area contributed by atoms with E-state index in [2.05, 4.69) is 4.98 Å². The zero-order chi connectivity index (χ0) is 13.0. The summed E-state index contributed by atoms with van der Waals surface area (Å²) in [6.07, 6.45) is 0.820. The monoisotopic (exact) mass is 237 g/mol. The number of ether oxygens (including phenoxy) is 1. The molecule has 1 N–H and O–H groups in total. The maximum absolute atomic E-state index is 11.7. The third-order valence-electron chi connectivity index (χ3n) is 2.48. The normalized spacial score (nSPS) is 10.1. The van der Waals surface area contributed by atoms with Gasteiger partial charge in [-0.1, -0.05) is 6.92 Å². The highest BCUT2D eigenvalue weighted by atomic mass is 16.5. The lowest BCUT2D eigenvalue weighted by Gasteiger charge is -2.00. The van der Waals surface area contributed by atoms with E-state index in [1.807, 2.05) is 0 Å². The van der Waals surface area contributed by atoms with Crippen molar-refractivity contribution in [3.05, 3.63) is 22.5 Å². The van der Waals surface area contributed by atoms with Gasteiger partial charge < -0.3 is 9.72 Å². The summed E-state index contributed by atoms with van der Waals surface area (Å²) >= 11 is 0. The summed E-state index contributed by atoms with van der Waals surface area (Å²) in [5.41, 5.74) is 1.06. The lowest BCUT2D eigenvalue weighted by Crippen LogP contribution is -2.07. The predicted octanol–water partition coefficient (Wildman–Crippen LogP) is 1.91. The largest absolute Gasteiger partial charge is 0.461 e. The Morgan fingerprint density at radius 1 is 1.35 bits per heavy atom. The minimum absolute atomic E-state index is 0.136. The van der Waals surface area contributed by atoms with E-state index < -0.39 is 5.97 Å².